The summed E-state index contributed by atoms with van der Waals surface area (Å²) in [7, 11) is 0. The predicted molar refractivity (Wildman–Crippen MR) is 124 cm³/mol. The minimum absolute atomic E-state index is 0.0650. The molecule has 1 N–H and O–H groups in total. The lowest BCUT2D eigenvalue weighted by molar-refractivity contribution is 0.0952. The first-order valence-corrected chi connectivity index (χ1v) is 11.5. The summed E-state index contributed by atoms with van der Waals surface area (Å²) in [6.45, 7) is 12.1. The van der Waals surface area contributed by atoms with Crippen LogP contribution in [0.25, 0.3) is 11.0 Å². The molecule has 1 aliphatic rings. The van der Waals surface area contributed by atoms with Crippen LogP contribution in [0.3, 0.4) is 0 Å². The van der Waals surface area contributed by atoms with Crippen molar-refractivity contribution >= 4 is 16.9 Å². The SMILES string of the molecule is CCN(CC)Cc1ccc(CNC(=O)c2cc(C3CC3)nc3c2cnn3C(C)C)cc1. The maximum atomic E-state index is 13.1. The first kappa shape index (κ1) is 21.5. The van der Waals surface area contributed by atoms with Gasteiger partial charge in [0, 0.05) is 30.7 Å². The van der Waals surface area contributed by atoms with Gasteiger partial charge in [-0.3, -0.25) is 9.69 Å². The second-order valence-corrected chi connectivity index (χ2v) is 8.75. The second-order valence-electron chi connectivity index (χ2n) is 8.75. The molecule has 1 aromatic carbocycles. The van der Waals surface area contributed by atoms with Crippen LogP contribution in [0.1, 0.15) is 79.7 Å². The van der Waals surface area contributed by atoms with Gasteiger partial charge in [-0.25, -0.2) is 9.67 Å². The van der Waals surface area contributed by atoms with Gasteiger partial charge in [-0.1, -0.05) is 38.1 Å². The Morgan fingerprint density at radius 1 is 1.16 bits per heavy atom. The molecule has 0 aliphatic heterocycles. The molecule has 1 saturated carbocycles. The van der Waals surface area contributed by atoms with Crippen molar-refractivity contribution in [2.45, 2.75) is 65.6 Å². The Balaban J connectivity index is 1.50. The topological polar surface area (TPSA) is 63.1 Å². The van der Waals surface area contributed by atoms with Gasteiger partial charge in [0.2, 0.25) is 0 Å². The second kappa shape index (κ2) is 9.18. The highest BCUT2D eigenvalue weighted by molar-refractivity contribution is 6.05. The Morgan fingerprint density at radius 2 is 1.84 bits per heavy atom. The van der Waals surface area contributed by atoms with Crippen LogP contribution in [0.5, 0.6) is 0 Å². The zero-order valence-corrected chi connectivity index (χ0v) is 19.1. The molecule has 0 radical (unpaired) electrons. The van der Waals surface area contributed by atoms with Gasteiger partial charge in [-0.15, -0.1) is 0 Å². The number of rotatable bonds is 9. The molecule has 6 heteroatoms. The highest BCUT2D eigenvalue weighted by Crippen LogP contribution is 2.40. The van der Waals surface area contributed by atoms with E-state index >= 15 is 0 Å². The van der Waals surface area contributed by atoms with E-state index in [0.29, 0.717) is 18.0 Å². The van der Waals surface area contributed by atoms with Crippen LogP contribution in [0.15, 0.2) is 36.5 Å². The van der Waals surface area contributed by atoms with Gasteiger partial charge in [0.15, 0.2) is 5.65 Å². The third-order valence-corrected chi connectivity index (χ3v) is 6.09. The van der Waals surface area contributed by atoms with Crippen molar-refractivity contribution in [3.63, 3.8) is 0 Å². The van der Waals surface area contributed by atoms with Gasteiger partial charge in [0.1, 0.15) is 0 Å². The van der Waals surface area contributed by atoms with Crippen LogP contribution in [-0.2, 0) is 13.1 Å². The number of hydrogen-bond acceptors (Lipinski definition) is 4. The Labute approximate surface area is 184 Å². The smallest absolute Gasteiger partial charge is 0.252 e. The van der Waals surface area contributed by atoms with E-state index in [1.54, 1.807) is 6.20 Å². The Morgan fingerprint density at radius 3 is 2.45 bits per heavy atom. The minimum atomic E-state index is -0.0650. The molecule has 0 saturated heterocycles. The molecule has 1 fully saturated rings. The number of hydrogen-bond donors (Lipinski definition) is 1. The van der Waals surface area contributed by atoms with Crippen molar-refractivity contribution in [3.05, 3.63) is 58.9 Å². The number of nitrogens with zero attached hydrogens (tertiary/aromatic N) is 4. The lowest BCUT2D eigenvalue weighted by Crippen LogP contribution is -2.24. The van der Waals surface area contributed by atoms with Crippen molar-refractivity contribution in [1.29, 1.82) is 0 Å². The highest BCUT2D eigenvalue weighted by Gasteiger charge is 2.28. The zero-order chi connectivity index (χ0) is 22.0. The molecule has 2 heterocycles. The van der Waals surface area contributed by atoms with E-state index in [4.69, 9.17) is 4.98 Å². The van der Waals surface area contributed by atoms with Crippen LogP contribution in [-0.4, -0.2) is 38.7 Å². The fourth-order valence-electron chi connectivity index (χ4n) is 3.94. The molecule has 1 amide bonds. The number of benzene rings is 1. The third kappa shape index (κ3) is 4.79. The van der Waals surface area contributed by atoms with E-state index in [0.717, 1.165) is 54.8 Å². The van der Waals surface area contributed by atoms with E-state index in [2.05, 4.69) is 67.3 Å². The lowest BCUT2D eigenvalue weighted by Gasteiger charge is -2.18. The number of fused-ring (bicyclic) bond motifs is 1. The molecule has 31 heavy (non-hydrogen) atoms. The summed E-state index contributed by atoms with van der Waals surface area (Å²) in [5.41, 5.74) is 4.90. The van der Waals surface area contributed by atoms with E-state index in [1.807, 2.05) is 10.7 Å². The van der Waals surface area contributed by atoms with Crippen LogP contribution in [0, 0.1) is 0 Å². The number of amides is 1. The summed E-state index contributed by atoms with van der Waals surface area (Å²) >= 11 is 0. The van der Waals surface area contributed by atoms with Crippen molar-refractivity contribution in [1.82, 2.24) is 25.0 Å². The maximum absolute atomic E-state index is 13.1. The van der Waals surface area contributed by atoms with Crippen LogP contribution in [0.4, 0.5) is 0 Å². The van der Waals surface area contributed by atoms with E-state index < -0.39 is 0 Å². The number of aromatic nitrogens is 3. The minimum Gasteiger partial charge on any atom is -0.348 e. The zero-order valence-electron chi connectivity index (χ0n) is 19.1. The fourth-order valence-corrected chi connectivity index (χ4v) is 3.94. The van der Waals surface area contributed by atoms with Gasteiger partial charge < -0.3 is 5.32 Å². The quantitative estimate of drug-likeness (QED) is 0.548. The summed E-state index contributed by atoms with van der Waals surface area (Å²) in [4.78, 5) is 20.3. The molecule has 4 rings (SSSR count). The van der Waals surface area contributed by atoms with Gasteiger partial charge in [0.25, 0.3) is 5.91 Å². The molecule has 6 nitrogen and oxygen atoms in total. The normalized spacial score (nSPS) is 14.0. The van der Waals surface area contributed by atoms with Crippen molar-refractivity contribution in [2.75, 3.05) is 13.1 Å². The van der Waals surface area contributed by atoms with Gasteiger partial charge in [-0.2, -0.15) is 5.10 Å². The van der Waals surface area contributed by atoms with Crippen molar-refractivity contribution < 1.29 is 4.79 Å². The van der Waals surface area contributed by atoms with Crippen molar-refractivity contribution in [3.8, 4) is 0 Å². The van der Waals surface area contributed by atoms with Gasteiger partial charge in [-0.05, 0) is 57.0 Å². The van der Waals surface area contributed by atoms with Gasteiger partial charge in [0.05, 0.1) is 17.1 Å². The summed E-state index contributed by atoms with van der Waals surface area (Å²) in [5, 5.41) is 8.42. The van der Waals surface area contributed by atoms with Crippen LogP contribution in [0.2, 0.25) is 0 Å². The van der Waals surface area contributed by atoms with E-state index in [9.17, 15) is 4.79 Å². The molecule has 1 aliphatic carbocycles. The predicted octanol–water partition coefficient (Wildman–Crippen LogP) is 4.66. The summed E-state index contributed by atoms with van der Waals surface area (Å²) in [5.74, 6) is 0.412. The van der Waals surface area contributed by atoms with E-state index in [1.165, 1.54) is 5.56 Å². The monoisotopic (exact) mass is 419 g/mol. The standard InChI is InChI=1S/C25H33N5O/c1-5-29(6-2)16-19-9-7-18(8-10-19)14-26-25(31)21-13-23(20-11-12-20)28-24-22(21)15-27-30(24)17(3)4/h7-10,13,15,17,20H,5-6,11-12,14,16H2,1-4H3,(H,26,31). The average molecular weight is 420 g/mol. The third-order valence-electron chi connectivity index (χ3n) is 6.09. The van der Waals surface area contributed by atoms with Crippen LogP contribution >= 0.6 is 0 Å². The van der Waals surface area contributed by atoms with Crippen LogP contribution < -0.4 is 5.32 Å². The summed E-state index contributed by atoms with van der Waals surface area (Å²) < 4.78 is 1.91. The number of carbonyl (C=O) groups excluding carboxylic acids is 1. The Bertz CT molecular complexity index is 1050. The largest absolute Gasteiger partial charge is 0.348 e. The highest BCUT2D eigenvalue weighted by atomic mass is 16.1. The molecule has 2 aromatic heterocycles. The average Bonchev–Trinajstić information content (AvgIpc) is 3.54. The molecule has 0 unspecified atom stereocenters. The fraction of sp³-hybridized carbons (Fsp3) is 0.480. The molecule has 0 bridgehead atoms. The number of carbonyl (C=O) groups is 1. The van der Waals surface area contributed by atoms with E-state index in [-0.39, 0.29) is 11.9 Å². The molecular weight excluding hydrogens is 386 g/mol. The summed E-state index contributed by atoms with van der Waals surface area (Å²) in [6.07, 6.45) is 4.07. The Hall–Kier alpha value is -2.73. The number of nitrogens with one attached hydrogen (secondary N) is 1. The molecular formula is C25H33N5O. The first-order valence-electron chi connectivity index (χ1n) is 11.5. The maximum Gasteiger partial charge on any atom is 0.252 e. The number of pyridine rings is 1. The molecule has 0 spiro atoms. The van der Waals surface area contributed by atoms with Crippen molar-refractivity contribution in [2.24, 2.45) is 0 Å². The molecule has 164 valence electrons. The molecule has 0 atom stereocenters. The lowest BCUT2D eigenvalue weighted by atomic mass is 10.1. The summed E-state index contributed by atoms with van der Waals surface area (Å²) in [6, 6.07) is 10.7. The van der Waals surface area contributed by atoms with Gasteiger partial charge >= 0.3 is 0 Å². The molecule has 3 aromatic rings. The first-order chi connectivity index (χ1) is 15.0. The Kier molecular flexibility index (Phi) is 6.37.